The minimum absolute atomic E-state index is 0.335. The van der Waals surface area contributed by atoms with Crippen LogP contribution in [-0.4, -0.2) is 51.0 Å². The van der Waals surface area contributed by atoms with Crippen molar-refractivity contribution in [1.82, 2.24) is 4.90 Å². The summed E-state index contributed by atoms with van der Waals surface area (Å²) in [5.41, 5.74) is -0.489. The Bertz CT molecular complexity index is 350. The molecule has 1 atom stereocenters. The van der Waals surface area contributed by atoms with Crippen molar-refractivity contribution in [1.29, 1.82) is 0 Å². The normalized spacial score (nSPS) is 17.1. The van der Waals surface area contributed by atoms with Crippen LogP contribution in [0.3, 0.4) is 0 Å². The third kappa shape index (κ3) is 3.35. The second-order valence-corrected chi connectivity index (χ2v) is 6.95. The Morgan fingerprint density at radius 2 is 1.35 bits per heavy atom. The summed E-state index contributed by atoms with van der Waals surface area (Å²) in [6.07, 6.45) is 3.08. The number of rotatable bonds is 9. The van der Waals surface area contributed by atoms with Crippen molar-refractivity contribution in [3.63, 3.8) is 0 Å². The zero-order valence-electron chi connectivity index (χ0n) is 12.5. The molecular weight excluding hydrogens is 278 g/mol. The molecule has 0 aliphatic carbocycles. The van der Waals surface area contributed by atoms with E-state index in [1.54, 1.807) is 0 Å². The van der Waals surface area contributed by atoms with Crippen LogP contribution in [0, 0.1) is 0 Å². The maximum Gasteiger partial charge on any atom is 0.525 e. The first-order valence-electron chi connectivity index (χ1n) is 7.03. The van der Waals surface area contributed by atoms with E-state index in [1.807, 2.05) is 27.7 Å². The van der Waals surface area contributed by atoms with Crippen molar-refractivity contribution >= 4 is 20.6 Å². The van der Waals surface area contributed by atoms with Crippen LogP contribution in [0.1, 0.15) is 34.1 Å². The molecule has 0 aromatic heterocycles. The van der Waals surface area contributed by atoms with Gasteiger partial charge >= 0.3 is 8.80 Å². The molecule has 0 N–H and O–H groups in total. The van der Waals surface area contributed by atoms with E-state index >= 15 is 0 Å². The van der Waals surface area contributed by atoms with E-state index < -0.39 is 14.5 Å². The number of imide groups is 1. The Morgan fingerprint density at radius 3 is 1.65 bits per heavy atom. The number of carbonyl (C=O) groups excluding carboxylic acids is 2. The first-order valence-corrected chi connectivity index (χ1v) is 8.83. The summed E-state index contributed by atoms with van der Waals surface area (Å²) < 4.78 is 17.4. The standard InChI is InChI=1S/C13H23NO5Si/c1-5-13(14-11(15)9-10-12(14)16)20(17-6-2,18-7-3)19-8-4/h9-10,13H,5-8H2,1-4H3. The number of nitrogens with zero attached hydrogens (tertiary/aromatic N) is 1. The van der Waals surface area contributed by atoms with Crippen molar-refractivity contribution in [3.8, 4) is 0 Å². The number of hydrogen-bond donors (Lipinski definition) is 0. The van der Waals surface area contributed by atoms with Gasteiger partial charge in [0.25, 0.3) is 11.8 Å². The molecule has 1 rings (SSSR count). The van der Waals surface area contributed by atoms with Crippen LogP contribution >= 0.6 is 0 Å². The number of carbonyl (C=O) groups is 2. The van der Waals surface area contributed by atoms with Crippen molar-refractivity contribution in [2.24, 2.45) is 0 Å². The molecule has 1 unspecified atom stereocenters. The van der Waals surface area contributed by atoms with Crippen molar-refractivity contribution < 1.29 is 22.9 Å². The Hall–Kier alpha value is -1.02. The van der Waals surface area contributed by atoms with Gasteiger partial charge in [0.15, 0.2) is 0 Å². The van der Waals surface area contributed by atoms with Crippen LogP contribution in [0.4, 0.5) is 0 Å². The van der Waals surface area contributed by atoms with Gasteiger partial charge in [0.2, 0.25) is 0 Å². The highest BCUT2D eigenvalue weighted by Gasteiger charge is 2.54. The van der Waals surface area contributed by atoms with Gasteiger partial charge in [-0.1, -0.05) is 6.92 Å². The fraction of sp³-hybridized carbons (Fsp3) is 0.692. The molecule has 0 aromatic rings. The summed E-state index contributed by atoms with van der Waals surface area (Å²) >= 11 is 0. The molecule has 1 aliphatic heterocycles. The fourth-order valence-corrected chi connectivity index (χ4v) is 5.43. The molecule has 7 heteroatoms. The van der Waals surface area contributed by atoms with Crippen LogP contribution in [0.2, 0.25) is 0 Å². The quantitative estimate of drug-likeness (QED) is 0.474. The molecule has 20 heavy (non-hydrogen) atoms. The van der Waals surface area contributed by atoms with E-state index in [0.717, 1.165) is 0 Å². The third-order valence-corrected chi connectivity index (χ3v) is 6.54. The maximum atomic E-state index is 11.9. The van der Waals surface area contributed by atoms with E-state index in [9.17, 15) is 9.59 Å². The molecule has 0 aromatic carbocycles. The second kappa shape index (κ2) is 7.68. The summed E-state index contributed by atoms with van der Waals surface area (Å²) in [7, 11) is -3.13. The van der Waals surface area contributed by atoms with Gasteiger partial charge in [-0.25, -0.2) is 0 Å². The molecule has 0 fully saturated rings. The summed E-state index contributed by atoms with van der Waals surface area (Å²) in [5, 5.41) is 0. The minimum Gasteiger partial charge on any atom is -0.373 e. The first-order chi connectivity index (χ1) is 9.56. The lowest BCUT2D eigenvalue weighted by atomic mass is 10.4. The fourth-order valence-electron chi connectivity index (χ4n) is 2.33. The van der Waals surface area contributed by atoms with E-state index in [1.165, 1.54) is 17.1 Å². The molecule has 6 nitrogen and oxygen atoms in total. The summed E-state index contributed by atoms with van der Waals surface area (Å²) in [4.78, 5) is 25.0. The molecule has 0 saturated carbocycles. The lowest BCUT2D eigenvalue weighted by molar-refractivity contribution is -0.139. The molecular formula is C13H23NO5Si. The number of hydrogen-bond acceptors (Lipinski definition) is 5. The summed E-state index contributed by atoms with van der Waals surface area (Å²) in [6, 6.07) is 0. The van der Waals surface area contributed by atoms with Gasteiger partial charge < -0.3 is 13.3 Å². The molecule has 1 aliphatic rings. The lowest BCUT2D eigenvalue weighted by Gasteiger charge is -2.38. The Morgan fingerprint density at radius 1 is 0.950 bits per heavy atom. The zero-order chi connectivity index (χ0) is 15.2. The minimum atomic E-state index is -3.13. The summed E-state index contributed by atoms with van der Waals surface area (Å²) in [6.45, 7) is 8.66. The van der Waals surface area contributed by atoms with Gasteiger partial charge in [-0.05, 0) is 27.2 Å². The topological polar surface area (TPSA) is 65.1 Å². The molecule has 1 heterocycles. The molecule has 114 valence electrons. The smallest absolute Gasteiger partial charge is 0.373 e. The predicted molar refractivity (Wildman–Crippen MR) is 75.7 cm³/mol. The van der Waals surface area contributed by atoms with Gasteiger partial charge in [0.05, 0.1) is 0 Å². The molecule has 0 bridgehead atoms. The summed E-state index contributed by atoms with van der Waals surface area (Å²) in [5.74, 6) is -0.671. The third-order valence-electron chi connectivity index (χ3n) is 2.99. The van der Waals surface area contributed by atoms with Gasteiger partial charge in [0, 0.05) is 32.0 Å². The van der Waals surface area contributed by atoms with Crippen LogP contribution in [0.25, 0.3) is 0 Å². The monoisotopic (exact) mass is 301 g/mol. The van der Waals surface area contributed by atoms with E-state index in [2.05, 4.69) is 0 Å². The van der Waals surface area contributed by atoms with Crippen LogP contribution in [-0.2, 0) is 22.9 Å². The van der Waals surface area contributed by atoms with Crippen molar-refractivity contribution in [2.45, 2.75) is 39.8 Å². The molecule has 0 saturated heterocycles. The molecule has 0 spiro atoms. The van der Waals surface area contributed by atoms with Gasteiger partial charge in [0.1, 0.15) is 5.67 Å². The van der Waals surface area contributed by atoms with Gasteiger partial charge in [-0.2, -0.15) is 0 Å². The Labute approximate surface area is 121 Å². The first kappa shape index (κ1) is 17.0. The largest absolute Gasteiger partial charge is 0.525 e. The average Bonchev–Trinajstić information content (AvgIpc) is 2.72. The predicted octanol–water partition coefficient (Wildman–Crippen LogP) is 1.28. The van der Waals surface area contributed by atoms with Crippen molar-refractivity contribution in [2.75, 3.05) is 19.8 Å². The number of amides is 2. The SMILES string of the molecule is CCO[Si](OCC)(OCC)C(CC)N1C(=O)C=CC1=O. The molecule has 0 radical (unpaired) electrons. The van der Waals surface area contributed by atoms with E-state index in [-0.39, 0.29) is 11.8 Å². The van der Waals surface area contributed by atoms with Crippen molar-refractivity contribution in [3.05, 3.63) is 12.2 Å². The highest BCUT2D eigenvalue weighted by Crippen LogP contribution is 2.25. The van der Waals surface area contributed by atoms with Crippen LogP contribution in [0.15, 0.2) is 12.2 Å². The zero-order valence-corrected chi connectivity index (χ0v) is 13.5. The van der Waals surface area contributed by atoms with Crippen LogP contribution < -0.4 is 0 Å². The Balaban J connectivity index is 3.12. The maximum absolute atomic E-state index is 11.9. The highest BCUT2D eigenvalue weighted by atomic mass is 28.4. The average molecular weight is 301 g/mol. The second-order valence-electron chi connectivity index (χ2n) is 4.21. The van der Waals surface area contributed by atoms with Gasteiger partial charge in [-0.15, -0.1) is 0 Å². The van der Waals surface area contributed by atoms with Gasteiger partial charge in [-0.3, -0.25) is 14.5 Å². The lowest BCUT2D eigenvalue weighted by Crippen LogP contribution is -2.64. The molecule has 2 amide bonds. The van der Waals surface area contributed by atoms with Crippen LogP contribution in [0.5, 0.6) is 0 Å². The van der Waals surface area contributed by atoms with E-state index in [0.29, 0.717) is 26.2 Å². The Kier molecular flexibility index (Phi) is 6.54. The highest BCUT2D eigenvalue weighted by molar-refractivity contribution is 6.63. The van der Waals surface area contributed by atoms with E-state index in [4.69, 9.17) is 13.3 Å².